The molecule has 25 heavy (non-hydrogen) atoms. The third-order valence-corrected chi connectivity index (χ3v) is 4.19. The van der Waals surface area contributed by atoms with Crippen molar-refractivity contribution in [3.63, 3.8) is 0 Å². The third-order valence-electron chi connectivity index (χ3n) is 4.19. The van der Waals surface area contributed by atoms with E-state index in [-0.39, 0.29) is 6.10 Å². The number of nitrogens with zero attached hydrogens (tertiary/aromatic N) is 4. The predicted molar refractivity (Wildman–Crippen MR) is 92.2 cm³/mol. The van der Waals surface area contributed by atoms with E-state index in [1.807, 2.05) is 18.2 Å². The molecule has 130 valence electrons. The molecule has 0 radical (unpaired) electrons. The molecule has 2 aromatic rings. The minimum Gasteiger partial charge on any atom is -0.493 e. The second-order valence-corrected chi connectivity index (χ2v) is 5.64. The summed E-state index contributed by atoms with van der Waals surface area (Å²) in [4.78, 5) is 10.4. The molecule has 1 saturated heterocycles. The van der Waals surface area contributed by atoms with Crippen LogP contribution in [0, 0.1) is 11.3 Å². The molecule has 1 aliphatic heterocycles. The summed E-state index contributed by atoms with van der Waals surface area (Å²) in [5, 5.41) is 9.18. The van der Waals surface area contributed by atoms with Crippen LogP contribution in [0.2, 0.25) is 0 Å². The average molecular weight is 340 g/mol. The second kappa shape index (κ2) is 7.71. The molecule has 1 fully saturated rings. The van der Waals surface area contributed by atoms with Crippen molar-refractivity contribution in [3.05, 3.63) is 36.3 Å². The van der Waals surface area contributed by atoms with Crippen LogP contribution in [-0.4, -0.2) is 43.4 Å². The van der Waals surface area contributed by atoms with E-state index in [0.29, 0.717) is 28.8 Å². The summed E-state index contributed by atoms with van der Waals surface area (Å²) < 4.78 is 16.9. The lowest BCUT2D eigenvalue weighted by molar-refractivity contribution is 0.158. The number of piperidine rings is 1. The maximum atomic E-state index is 9.18. The van der Waals surface area contributed by atoms with Gasteiger partial charge in [0.25, 0.3) is 0 Å². The van der Waals surface area contributed by atoms with Crippen LogP contribution in [0.15, 0.2) is 30.6 Å². The number of hydrogen-bond acceptors (Lipinski definition) is 7. The molecule has 7 nitrogen and oxygen atoms in total. The Kier molecular flexibility index (Phi) is 5.19. The van der Waals surface area contributed by atoms with Gasteiger partial charge >= 0.3 is 0 Å². The van der Waals surface area contributed by atoms with Crippen molar-refractivity contribution < 1.29 is 14.2 Å². The molecule has 1 aliphatic rings. The van der Waals surface area contributed by atoms with E-state index >= 15 is 0 Å². The number of anilines is 1. The van der Waals surface area contributed by atoms with Crippen LogP contribution in [-0.2, 0) is 0 Å². The van der Waals surface area contributed by atoms with Crippen LogP contribution in [0.5, 0.6) is 17.2 Å². The van der Waals surface area contributed by atoms with Gasteiger partial charge in [-0.15, -0.1) is 0 Å². The Morgan fingerprint density at radius 1 is 1.08 bits per heavy atom. The highest BCUT2D eigenvalue weighted by molar-refractivity contribution is 5.52. The van der Waals surface area contributed by atoms with Gasteiger partial charge in [0, 0.05) is 38.3 Å². The Morgan fingerprint density at radius 3 is 2.32 bits per heavy atom. The van der Waals surface area contributed by atoms with E-state index in [9.17, 15) is 5.26 Å². The largest absolute Gasteiger partial charge is 0.493 e. The monoisotopic (exact) mass is 340 g/mol. The zero-order valence-corrected chi connectivity index (χ0v) is 14.3. The van der Waals surface area contributed by atoms with Gasteiger partial charge in [0.2, 0.25) is 5.75 Å². The minimum atomic E-state index is 0.0451. The topological polar surface area (TPSA) is 80.5 Å². The number of nitriles is 1. The fraction of sp³-hybridized carbons (Fsp3) is 0.389. The van der Waals surface area contributed by atoms with Crippen LogP contribution in [0.1, 0.15) is 18.5 Å². The van der Waals surface area contributed by atoms with Crippen LogP contribution < -0.4 is 19.1 Å². The highest BCUT2D eigenvalue weighted by Gasteiger charge is 2.25. The van der Waals surface area contributed by atoms with Gasteiger partial charge in [-0.05, 0) is 12.1 Å². The molecule has 0 aliphatic carbocycles. The first-order valence-corrected chi connectivity index (χ1v) is 8.10. The molecule has 1 aromatic heterocycles. The van der Waals surface area contributed by atoms with Gasteiger partial charge in [-0.2, -0.15) is 5.26 Å². The Bertz CT molecular complexity index is 745. The summed E-state index contributed by atoms with van der Waals surface area (Å²) in [7, 11) is 3.23. The molecule has 7 heteroatoms. The number of aromatic nitrogens is 2. The molecule has 0 bridgehead atoms. The van der Waals surface area contributed by atoms with Crippen LogP contribution in [0.4, 0.5) is 5.82 Å². The Balaban J connectivity index is 1.69. The number of rotatable bonds is 5. The zero-order chi connectivity index (χ0) is 17.6. The smallest absolute Gasteiger partial charge is 0.203 e. The average Bonchev–Trinajstić information content (AvgIpc) is 2.68. The van der Waals surface area contributed by atoms with Crippen LogP contribution >= 0.6 is 0 Å². The molecule has 0 saturated carbocycles. The van der Waals surface area contributed by atoms with E-state index in [0.717, 1.165) is 25.9 Å². The van der Waals surface area contributed by atoms with Gasteiger partial charge in [-0.3, -0.25) is 0 Å². The van der Waals surface area contributed by atoms with Crippen molar-refractivity contribution in [2.45, 2.75) is 18.9 Å². The van der Waals surface area contributed by atoms with Crippen molar-refractivity contribution in [2.24, 2.45) is 0 Å². The normalized spacial score (nSPS) is 14.7. The van der Waals surface area contributed by atoms with Crippen molar-refractivity contribution >= 4 is 5.82 Å². The third kappa shape index (κ3) is 3.58. The van der Waals surface area contributed by atoms with Crippen molar-refractivity contribution in [1.29, 1.82) is 5.26 Å². The quantitative estimate of drug-likeness (QED) is 0.827. The first kappa shape index (κ1) is 16.8. The van der Waals surface area contributed by atoms with Gasteiger partial charge in [0.05, 0.1) is 14.2 Å². The maximum absolute atomic E-state index is 9.18. The van der Waals surface area contributed by atoms with Crippen LogP contribution in [0.3, 0.4) is 0 Å². The standard InChI is InChI=1S/C18H20N4O3/c1-23-15-4-3-5-16(24-2)17(15)25-13-6-10-22(11-7-13)18-14(12-19)20-8-9-21-18/h3-5,8-9,13H,6-7,10-11H2,1-2H3. The number of para-hydroxylation sites is 1. The highest BCUT2D eigenvalue weighted by atomic mass is 16.5. The molecule has 0 atom stereocenters. The molecular weight excluding hydrogens is 320 g/mol. The van der Waals surface area contributed by atoms with E-state index < -0.39 is 0 Å². The summed E-state index contributed by atoms with van der Waals surface area (Å²) in [5.74, 6) is 2.58. The fourth-order valence-electron chi connectivity index (χ4n) is 2.93. The SMILES string of the molecule is COc1cccc(OC)c1OC1CCN(c2nccnc2C#N)CC1. The van der Waals surface area contributed by atoms with Gasteiger partial charge in [-0.1, -0.05) is 6.07 Å². The van der Waals surface area contributed by atoms with E-state index in [1.165, 1.54) is 6.20 Å². The minimum absolute atomic E-state index is 0.0451. The molecule has 0 unspecified atom stereocenters. The summed E-state index contributed by atoms with van der Waals surface area (Å²) in [5.41, 5.74) is 0.355. The van der Waals surface area contributed by atoms with E-state index in [4.69, 9.17) is 14.2 Å². The molecule has 2 heterocycles. The second-order valence-electron chi connectivity index (χ2n) is 5.64. The summed E-state index contributed by atoms with van der Waals surface area (Å²) in [6, 6.07) is 7.67. The summed E-state index contributed by atoms with van der Waals surface area (Å²) in [6.07, 6.45) is 4.80. The maximum Gasteiger partial charge on any atom is 0.203 e. The number of benzene rings is 1. The lowest BCUT2D eigenvalue weighted by Crippen LogP contribution is -2.39. The number of hydrogen-bond donors (Lipinski definition) is 0. The number of ether oxygens (including phenoxy) is 3. The summed E-state index contributed by atoms with van der Waals surface area (Å²) >= 11 is 0. The lowest BCUT2D eigenvalue weighted by atomic mass is 10.1. The fourth-order valence-corrected chi connectivity index (χ4v) is 2.93. The molecule has 1 aromatic carbocycles. The van der Waals surface area contributed by atoms with Gasteiger partial charge in [0.1, 0.15) is 12.2 Å². The Hall–Kier alpha value is -3.01. The highest BCUT2D eigenvalue weighted by Crippen LogP contribution is 2.38. The van der Waals surface area contributed by atoms with Crippen molar-refractivity contribution in [1.82, 2.24) is 9.97 Å². The van der Waals surface area contributed by atoms with Gasteiger partial charge in [-0.25, -0.2) is 9.97 Å². The van der Waals surface area contributed by atoms with E-state index in [1.54, 1.807) is 20.4 Å². The summed E-state index contributed by atoms with van der Waals surface area (Å²) in [6.45, 7) is 1.49. The first-order valence-electron chi connectivity index (χ1n) is 8.10. The zero-order valence-electron chi connectivity index (χ0n) is 14.3. The Morgan fingerprint density at radius 2 is 1.72 bits per heavy atom. The molecule has 3 rings (SSSR count). The van der Waals surface area contributed by atoms with Gasteiger partial charge in [0.15, 0.2) is 23.0 Å². The Labute approximate surface area is 146 Å². The lowest BCUT2D eigenvalue weighted by Gasteiger charge is -2.33. The number of methoxy groups -OCH3 is 2. The van der Waals surface area contributed by atoms with Crippen LogP contribution in [0.25, 0.3) is 0 Å². The first-order chi connectivity index (χ1) is 12.3. The van der Waals surface area contributed by atoms with Crippen molar-refractivity contribution in [3.8, 4) is 23.3 Å². The van der Waals surface area contributed by atoms with Gasteiger partial charge < -0.3 is 19.1 Å². The van der Waals surface area contributed by atoms with Crippen molar-refractivity contribution in [2.75, 3.05) is 32.2 Å². The molecule has 0 amide bonds. The molecular formula is C18H20N4O3. The molecule has 0 N–H and O–H groups in total. The van der Waals surface area contributed by atoms with E-state index in [2.05, 4.69) is 20.9 Å². The predicted octanol–water partition coefficient (Wildman–Crippen LogP) is 2.41. The molecule has 0 spiro atoms.